The van der Waals surface area contributed by atoms with Gasteiger partial charge in [-0.2, -0.15) is 5.10 Å². The zero-order valence-corrected chi connectivity index (χ0v) is 10.7. The van der Waals surface area contributed by atoms with Crippen LogP contribution in [0.5, 0.6) is 0 Å². The van der Waals surface area contributed by atoms with Crippen LogP contribution >= 0.6 is 0 Å². The van der Waals surface area contributed by atoms with E-state index < -0.39 is 0 Å². The molecule has 0 aliphatic heterocycles. The van der Waals surface area contributed by atoms with E-state index in [9.17, 15) is 0 Å². The number of hydrogen-bond donors (Lipinski definition) is 2. The van der Waals surface area contributed by atoms with Gasteiger partial charge >= 0.3 is 0 Å². The molecule has 0 bridgehead atoms. The van der Waals surface area contributed by atoms with Crippen molar-refractivity contribution < 1.29 is 4.74 Å². The van der Waals surface area contributed by atoms with Crippen LogP contribution in [0.4, 0.5) is 0 Å². The van der Waals surface area contributed by atoms with E-state index in [0.29, 0.717) is 18.6 Å². The Morgan fingerprint density at radius 3 is 2.50 bits per heavy atom. The van der Waals surface area contributed by atoms with E-state index in [1.54, 1.807) is 7.11 Å². The van der Waals surface area contributed by atoms with Crippen LogP contribution in [0.2, 0.25) is 0 Å². The molecule has 1 aromatic rings. The molecule has 0 amide bonds. The standard InChI is InChI=1S/C11H22N4O/c1-7(2)10-13-11(15-14-10)9(4)12-8(3)6-16-5/h7-9,12H,6H2,1-5H3,(H,13,14,15). The molecule has 16 heavy (non-hydrogen) atoms. The summed E-state index contributed by atoms with van der Waals surface area (Å²) in [6.45, 7) is 9.00. The van der Waals surface area contributed by atoms with E-state index in [1.807, 2.05) is 0 Å². The van der Waals surface area contributed by atoms with Gasteiger partial charge < -0.3 is 10.1 Å². The van der Waals surface area contributed by atoms with Gasteiger partial charge in [-0.1, -0.05) is 13.8 Å². The number of aromatic nitrogens is 3. The van der Waals surface area contributed by atoms with Crippen molar-refractivity contribution in [2.24, 2.45) is 0 Å². The van der Waals surface area contributed by atoms with E-state index in [1.165, 1.54) is 0 Å². The fourth-order valence-corrected chi connectivity index (χ4v) is 1.54. The first kappa shape index (κ1) is 13.1. The second-order valence-electron chi connectivity index (χ2n) is 4.48. The van der Waals surface area contributed by atoms with Crippen molar-refractivity contribution >= 4 is 0 Å². The predicted octanol–water partition coefficient (Wildman–Crippen LogP) is 1.61. The van der Waals surface area contributed by atoms with Gasteiger partial charge in [0.05, 0.1) is 12.6 Å². The molecule has 0 fully saturated rings. The van der Waals surface area contributed by atoms with Crippen LogP contribution in [0, 0.1) is 0 Å². The highest BCUT2D eigenvalue weighted by molar-refractivity contribution is 4.98. The lowest BCUT2D eigenvalue weighted by Crippen LogP contribution is -2.33. The molecule has 0 saturated heterocycles. The second-order valence-corrected chi connectivity index (χ2v) is 4.48. The van der Waals surface area contributed by atoms with Gasteiger partial charge in [0.15, 0.2) is 5.82 Å². The minimum absolute atomic E-state index is 0.158. The maximum absolute atomic E-state index is 5.08. The molecule has 0 aliphatic carbocycles. The summed E-state index contributed by atoms with van der Waals surface area (Å²) in [6.07, 6.45) is 0. The van der Waals surface area contributed by atoms with Crippen molar-refractivity contribution in [3.63, 3.8) is 0 Å². The summed E-state index contributed by atoms with van der Waals surface area (Å²) >= 11 is 0. The molecule has 0 aliphatic rings. The molecule has 1 heterocycles. The first-order chi connectivity index (χ1) is 7.54. The fourth-order valence-electron chi connectivity index (χ4n) is 1.54. The Balaban J connectivity index is 2.55. The topological polar surface area (TPSA) is 62.8 Å². The number of nitrogens with one attached hydrogen (secondary N) is 2. The summed E-state index contributed by atoms with van der Waals surface area (Å²) in [6, 6.07) is 0.456. The number of rotatable bonds is 6. The Hall–Kier alpha value is -0.940. The van der Waals surface area contributed by atoms with Gasteiger partial charge in [-0.25, -0.2) is 4.98 Å². The third kappa shape index (κ3) is 3.57. The molecule has 2 unspecified atom stereocenters. The molecular formula is C11H22N4O. The molecule has 0 spiro atoms. The van der Waals surface area contributed by atoms with Crippen molar-refractivity contribution in [3.8, 4) is 0 Å². The third-order valence-corrected chi connectivity index (χ3v) is 2.40. The lowest BCUT2D eigenvalue weighted by atomic mass is 10.2. The van der Waals surface area contributed by atoms with Crippen molar-refractivity contribution in [2.45, 2.75) is 45.7 Å². The highest BCUT2D eigenvalue weighted by Gasteiger charge is 2.14. The zero-order valence-electron chi connectivity index (χ0n) is 10.7. The number of ether oxygens (including phenoxy) is 1. The Bertz CT molecular complexity index is 311. The summed E-state index contributed by atoms with van der Waals surface area (Å²) in [4.78, 5) is 4.45. The van der Waals surface area contributed by atoms with E-state index >= 15 is 0 Å². The quantitative estimate of drug-likeness (QED) is 0.773. The van der Waals surface area contributed by atoms with E-state index in [-0.39, 0.29) is 6.04 Å². The molecule has 5 nitrogen and oxygen atoms in total. The van der Waals surface area contributed by atoms with Gasteiger partial charge in [0.25, 0.3) is 0 Å². The average molecular weight is 226 g/mol. The molecule has 2 atom stereocenters. The van der Waals surface area contributed by atoms with Crippen LogP contribution in [0.3, 0.4) is 0 Å². The highest BCUT2D eigenvalue weighted by Crippen LogP contribution is 2.12. The van der Waals surface area contributed by atoms with Crippen LogP contribution < -0.4 is 5.32 Å². The normalized spacial score (nSPS) is 15.4. The Kier molecular flexibility index (Phi) is 4.89. The predicted molar refractivity (Wildman–Crippen MR) is 63.4 cm³/mol. The minimum atomic E-state index is 0.158. The summed E-state index contributed by atoms with van der Waals surface area (Å²) in [5, 5.41) is 10.5. The smallest absolute Gasteiger partial charge is 0.153 e. The van der Waals surface area contributed by atoms with Crippen molar-refractivity contribution in [1.29, 1.82) is 0 Å². The van der Waals surface area contributed by atoms with Crippen molar-refractivity contribution in [3.05, 3.63) is 11.6 Å². The molecule has 0 radical (unpaired) electrons. The molecular weight excluding hydrogens is 204 g/mol. The first-order valence-corrected chi connectivity index (χ1v) is 5.71. The van der Waals surface area contributed by atoms with Gasteiger partial charge in [0, 0.05) is 19.1 Å². The lowest BCUT2D eigenvalue weighted by Gasteiger charge is -2.17. The number of nitrogens with zero attached hydrogens (tertiary/aromatic N) is 2. The Morgan fingerprint density at radius 1 is 1.31 bits per heavy atom. The summed E-state index contributed by atoms with van der Waals surface area (Å²) in [7, 11) is 1.70. The van der Waals surface area contributed by atoms with Crippen molar-refractivity contribution in [2.75, 3.05) is 13.7 Å². The summed E-state index contributed by atoms with van der Waals surface area (Å²) in [5.41, 5.74) is 0. The Labute approximate surface area is 97.0 Å². The van der Waals surface area contributed by atoms with E-state index in [4.69, 9.17) is 4.74 Å². The maximum Gasteiger partial charge on any atom is 0.153 e. The molecule has 5 heteroatoms. The van der Waals surface area contributed by atoms with Gasteiger partial charge in [-0.05, 0) is 13.8 Å². The van der Waals surface area contributed by atoms with Gasteiger partial charge in [0.2, 0.25) is 0 Å². The largest absolute Gasteiger partial charge is 0.383 e. The van der Waals surface area contributed by atoms with Crippen LogP contribution in [-0.2, 0) is 4.74 Å². The van der Waals surface area contributed by atoms with Gasteiger partial charge in [-0.15, -0.1) is 0 Å². The number of H-pyrrole nitrogens is 1. The molecule has 0 saturated carbocycles. The molecule has 1 aromatic heterocycles. The van der Waals surface area contributed by atoms with E-state index in [2.05, 4.69) is 48.2 Å². The minimum Gasteiger partial charge on any atom is -0.383 e. The van der Waals surface area contributed by atoms with Crippen molar-refractivity contribution in [1.82, 2.24) is 20.5 Å². The van der Waals surface area contributed by atoms with Crippen LogP contribution in [0.25, 0.3) is 0 Å². The first-order valence-electron chi connectivity index (χ1n) is 5.71. The number of aromatic amines is 1. The molecule has 2 N–H and O–H groups in total. The second kappa shape index (κ2) is 5.96. The third-order valence-electron chi connectivity index (χ3n) is 2.40. The molecule has 0 aromatic carbocycles. The Morgan fingerprint density at radius 2 is 2.00 bits per heavy atom. The SMILES string of the molecule is COCC(C)NC(C)c1nc(C(C)C)n[nH]1. The van der Waals surface area contributed by atoms with Crippen LogP contribution in [0.1, 0.15) is 51.3 Å². The molecule has 1 rings (SSSR count). The van der Waals surface area contributed by atoms with E-state index in [0.717, 1.165) is 11.6 Å². The highest BCUT2D eigenvalue weighted by atomic mass is 16.5. The van der Waals surface area contributed by atoms with Crippen LogP contribution in [0.15, 0.2) is 0 Å². The van der Waals surface area contributed by atoms with Gasteiger partial charge in [0.1, 0.15) is 5.82 Å². The summed E-state index contributed by atoms with van der Waals surface area (Å²) < 4.78 is 5.08. The lowest BCUT2D eigenvalue weighted by molar-refractivity contribution is 0.167. The zero-order chi connectivity index (χ0) is 12.1. The summed E-state index contributed by atoms with van der Waals surface area (Å²) in [5.74, 6) is 2.10. The maximum atomic E-state index is 5.08. The monoisotopic (exact) mass is 226 g/mol. The van der Waals surface area contributed by atoms with Gasteiger partial charge in [-0.3, -0.25) is 5.10 Å². The fraction of sp³-hybridized carbons (Fsp3) is 0.818. The average Bonchev–Trinajstić information content (AvgIpc) is 2.66. The van der Waals surface area contributed by atoms with Crippen LogP contribution in [-0.4, -0.2) is 34.9 Å². The number of hydrogen-bond acceptors (Lipinski definition) is 4. The molecule has 92 valence electrons. The number of methoxy groups -OCH3 is 1.